The second-order valence-corrected chi connectivity index (χ2v) is 5.07. The Kier molecular flexibility index (Phi) is 4.30. The number of rotatable bonds is 4. The van der Waals surface area contributed by atoms with Crippen LogP contribution >= 0.6 is 11.6 Å². The molecule has 1 aromatic rings. The van der Waals surface area contributed by atoms with Crippen LogP contribution in [0.4, 0.5) is 0 Å². The number of aromatic nitrogens is 1. The molecular weight excluding hydrogens is 224 g/mol. The lowest BCUT2D eigenvalue weighted by molar-refractivity contribution is 0.0894. The average molecular weight is 243 g/mol. The molecule has 0 aliphatic heterocycles. The molecule has 1 aromatic heterocycles. The lowest BCUT2D eigenvalue weighted by Gasteiger charge is -2.33. The summed E-state index contributed by atoms with van der Waals surface area (Å²) in [7, 11) is 0. The minimum absolute atomic E-state index is 0.120. The molecule has 0 saturated heterocycles. The molecule has 4 heteroatoms. The Morgan fingerprint density at radius 2 is 2.00 bits per heavy atom. The molecule has 2 unspecified atom stereocenters. The van der Waals surface area contributed by atoms with Crippen molar-refractivity contribution in [3.63, 3.8) is 0 Å². The quantitative estimate of drug-likeness (QED) is 0.798. The Hall–Kier alpha value is -0.640. The van der Waals surface area contributed by atoms with E-state index in [4.69, 9.17) is 11.6 Å². The molecule has 0 amide bonds. The molecule has 1 heterocycles. The summed E-state index contributed by atoms with van der Waals surface area (Å²) >= 11 is 5.73. The lowest BCUT2D eigenvalue weighted by Crippen LogP contribution is -2.49. The Morgan fingerprint density at radius 1 is 1.38 bits per heavy atom. The number of hydrogen-bond donors (Lipinski definition) is 2. The number of halogens is 1. The van der Waals surface area contributed by atoms with Crippen molar-refractivity contribution in [2.75, 3.05) is 0 Å². The molecule has 0 aromatic carbocycles. The summed E-state index contributed by atoms with van der Waals surface area (Å²) in [5.41, 5.74) is 0.720. The molecule has 90 valence electrons. The molecule has 0 aliphatic carbocycles. The highest BCUT2D eigenvalue weighted by atomic mass is 35.5. The van der Waals surface area contributed by atoms with Crippen molar-refractivity contribution < 1.29 is 5.11 Å². The summed E-state index contributed by atoms with van der Waals surface area (Å²) in [4.78, 5) is 4.04. The largest absolute Gasteiger partial charge is 0.392 e. The minimum atomic E-state index is -0.421. The first kappa shape index (κ1) is 13.4. The van der Waals surface area contributed by atoms with Crippen molar-refractivity contribution in [2.45, 2.75) is 45.4 Å². The average Bonchev–Trinajstić information content (AvgIpc) is 2.17. The zero-order valence-corrected chi connectivity index (χ0v) is 10.9. The Labute approximate surface area is 102 Å². The fourth-order valence-electron chi connectivity index (χ4n) is 1.41. The normalized spacial score (nSPS) is 15.9. The van der Waals surface area contributed by atoms with E-state index in [-0.39, 0.29) is 11.6 Å². The van der Waals surface area contributed by atoms with Gasteiger partial charge in [0.1, 0.15) is 5.15 Å². The topological polar surface area (TPSA) is 45.1 Å². The molecular formula is C12H19ClN2O. The molecule has 2 atom stereocenters. The van der Waals surface area contributed by atoms with Crippen molar-refractivity contribution in [2.24, 2.45) is 0 Å². The Bertz CT molecular complexity index is 335. The molecule has 1 rings (SSSR count). The van der Waals surface area contributed by atoms with Gasteiger partial charge >= 0.3 is 0 Å². The fourth-order valence-corrected chi connectivity index (χ4v) is 1.52. The predicted molar refractivity (Wildman–Crippen MR) is 66.6 cm³/mol. The van der Waals surface area contributed by atoms with Crippen molar-refractivity contribution >= 4 is 11.6 Å². The van der Waals surface area contributed by atoms with E-state index >= 15 is 0 Å². The standard InChI is InChI=1S/C12H19ClN2O/c1-8(15-12(3,4)9(2)16)10-5-6-11(13)14-7-10/h5-9,15-16H,1-4H3. The van der Waals surface area contributed by atoms with E-state index in [0.717, 1.165) is 5.56 Å². The van der Waals surface area contributed by atoms with Gasteiger partial charge in [-0.15, -0.1) is 0 Å². The molecule has 0 bridgehead atoms. The van der Waals surface area contributed by atoms with Crippen molar-refractivity contribution in [3.8, 4) is 0 Å². The highest BCUT2D eigenvalue weighted by Crippen LogP contribution is 2.19. The van der Waals surface area contributed by atoms with Gasteiger partial charge in [0, 0.05) is 17.8 Å². The summed E-state index contributed by atoms with van der Waals surface area (Å²) in [5, 5.41) is 13.5. The zero-order chi connectivity index (χ0) is 12.3. The number of aliphatic hydroxyl groups excluding tert-OH is 1. The highest BCUT2D eigenvalue weighted by Gasteiger charge is 2.25. The fraction of sp³-hybridized carbons (Fsp3) is 0.583. The van der Waals surface area contributed by atoms with Crippen molar-refractivity contribution in [3.05, 3.63) is 29.0 Å². The number of nitrogens with one attached hydrogen (secondary N) is 1. The lowest BCUT2D eigenvalue weighted by atomic mass is 9.96. The summed E-state index contributed by atoms with van der Waals surface area (Å²) in [6.45, 7) is 7.75. The smallest absolute Gasteiger partial charge is 0.129 e. The second-order valence-electron chi connectivity index (χ2n) is 4.68. The third-order valence-corrected chi connectivity index (χ3v) is 3.11. The molecule has 3 nitrogen and oxygen atoms in total. The first-order chi connectivity index (χ1) is 7.33. The van der Waals surface area contributed by atoms with Crippen LogP contribution in [0.1, 0.15) is 39.3 Å². The maximum Gasteiger partial charge on any atom is 0.129 e. The van der Waals surface area contributed by atoms with Crippen LogP contribution in [0.2, 0.25) is 5.15 Å². The number of pyridine rings is 1. The van der Waals surface area contributed by atoms with Crippen LogP contribution < -0.4 is 5.32 Å². The van der Waals surface area contributed by atoms with E-state index in [9.17, 15) is 5.11 Å². The van der Waals surface area contributed by atoms with Gasteiger partial charge in [-0.1, -0.05) is 17.7 Å². The number of aliphatic hydroxyl groups is 1. The molecule has 2 N–H and O–H groups in total. The van der Waals surface area contributed by atoms with E-state index in [2.05, 4.69) is 10.3 Å². The van der Waals surface area contributed by atoms with Crippen LogP contribution in [0.3, 0.4) is 0 Å². The first-order valence-corrected chi connectivity index (χ1v) is 5.78. The van der Waals surface area contributed by atoms with E-state index in [0.29, 0.717) is 5.15 Å². The molecule has 16 heavy (non-hydrogen) atoms. The van der Waals surface area contributed by atoms with Gasteiger partial charge in [-0.3, -0.25) is 0 Å². The monoisotopic (exact) mass is 242 g/mol. The molecule has 0 fully saturated rings. The SMILES string of the molecule is CC(NC(C)(C)C(C)O)c1ccc(Cl)nc1. The minimum Gasteiger partial charge on any atom is -0.392 e. The summed E-state index contributed by atoms with van der Waals surface area (Å²) < 4.78 is 0. The molecule has 0 radical (unpaired) electrons. The highest BCUT2D eigenvalue weighted by molar-refractivity contribution is 6.29. The van der Waals surface area contributed by atoms with Gasteiger partial charge in [0.05, 0.1) is 6.10 Å². The van der Waals surface area contributed by atoms with Gasteiger partial charge in [-0.2, -0.15) is 0 Å². The first-order valence-electron chi connectivity index (χ1n) is 5.40. The summed E-state index contributed by atoms with van der Waals surface area (Å²) in [5.74, 6) is 0. The third kappa shape index (κ3) is 3.44. The molecule has 0 spiro atoms. The Morgan fingerprint density at radius 3 is 2.44 bits per heavy atom. The maximum absolute atomic E-state index is 9.62. The summed E-state index contributed by atoms with van der Waals surface area (Å²) in [6.07, 6.45) is 1.33. The molecule has 0 saturated carbocycles. The van der Waals surface area contributed by atoms with Crippen LogP contribution in [0.15, 0.2) is 18.3 Å². The van der Waals surface area contributed by atoms with Crippen LogP contribution in [-0.4, -0.2) is 21.7 Å². The summed E-state index contributed by atoms with van der Waals surface area (Å²) in [6, 6.07) is 3.82. The van der Waals surface area contributed by atoms with Crippen LogP contribution in [0.5, 0.6) is 0 Å². The number of nitrogens with zero attached hydrogens (tertiary/aromatic N) is 1. The van der Waals surface area contributed by atoms with Gasteiger partial charge in [0.15, 0.2) is 0 Å². The van der Waals surface area contributed by atoms with Crippen molar-refractivity contribution in [1.29, 1.82) is 0 Å². The van der Waals surface area contributed by atoms with Crippen LogP contribution in [0, 0.1) is 0 Å². The van der Waals surface area contributed by atoms with Crippen LogP contribution in [0.25, 0.3) is 0 Å². The van der Waals surface area contributed by atoms with Crippen LogP contribution in [-0.2, 0) is 0 Å². The van der Waals surface area contributed by atoms with Gasteiger partial charge in [-0.25, -0.2) is 4.98 Å². The third-order valence-electron chi connectivity index (χ3n) is 2.88. The van der Waals surface area contributed by atoms with Gasteiger partial charge in [-0.05, 0) is 39.3 Å². The van der Waals surface area contributed by atoms with Gasteiger partial charge in [0.25, 0.3) is 0 Å². The zero-order valence-electron chi connectivity index (χ0n) is 10.2. The van der Waals surface area contributed by atoms with E-state index in [1.165, 1.54) is 0 Å². The van der Waals surface area contributed by atoms with Crippen molar-refractivity contribution in [1.82, 2.24) is 10.3 Å². The second kappa shape index (κ2) is 5.13. The van der Waals surface area contributed by atoms with Gasteiger partial charge < -0.3 is 10.4 Å². The van der Waals surface area contributed by atoms with Gasteiger partial charge in [0.2, 0.25) is 0 Å². The molecule has 0 aliphatic rings. The van der Waals surface area contributed by atoms with E-state index < -0.39 is 6.10 Å². The van der Waals surface area contributed by atoms with E-state index in [1.54, 1.807) is 19.2 Å². The maximum atomic E-state index is 9.62. The number of hydrogen-bond acceptors (Lipinski definition) is 3. The Balaban J connectivity index is 2.72. The predicted octanol–water partition coefficient (Wildman–Crippen LogP) is 2.55. The van der Waals surface area contributed by atoms with E-state index in [1.807, 2.05) is 26.8 Å².